The van der Waals surface area contributed by atoms with Gasteiger partial charge >= 0.3 is 0 Å². The third-order valence-corrected chi connectivity index (χ3v) is 3.07. The van der Waals surface area contributed by atoms with Crippen LogP contribution in [-0.4, -0.2) is 21.3 Å². The monoisotopic (exact) mass is 298 g/mol. The summed E-state index contributed by atoms with van der Waals surface area (Å²) in [4.78, 5) is 8.61. The Balaban J connectivity index is 1.81. The van der Waals surface area contributed by atoms with E-state index in [9.17, 15) is 5.11 Å². The Morgan fingerprint density at radius 2 is 1.67 bits per heavy atom. The van der Waals surface area contributed by atoms with Gasteiger partial charge in [-0.2, -0.15) is 5.10 Å². The van der Waals surface area contributed by atoms with Crippen LogP contribution in [0.5, 0.6) is 5.75 Å². The number of phenols is 1. The molecule has 0 aliphatic rings. The van der Waals surface area contributed by atoms with Crippen molar-refractivity contribution < 1.29 is 5.11 Å². The number of hydrazone groups is 1. The molecule has 21 heavy (non-hydrogen) atoms. The molecule has 2 N–H and O–H groups in total. The van der Waals surface area contributed by atoms with Gasteiger partial charge < -0.3 is 5.11 Å². The Morgan fingerprint density at radius 3 is 2.38 bits per heavy atom. The van der Waals surface area contributed by atoms with Crippen molar-refractivity contribution >= 4 is 34.7 Å². The van der Waals surface area contributed by atoms with Crippen LogP contribution in [-0.2, 0) is 0 Å². The number of nitrogens with one attached hydrogen (secondary N) is 1. The van der Waals surface area contributed by atoms with Crippen molar-refractivity contribution in [3.8, 4) is 5.75 Å². The predicted molar refractivity (Wildman–Crippen MR) is 83.9 cm³/mol. The van der Waals surface area contributed by atoms with E-state index < -0.39 is 0 Å². The molecule has 3 aromatic rings. The predicted octanol–water partition coefficient (Wildman–Crippen LogP) is 3.43. The minimum atomic E-state index is 0.212. The SMILES string of the molecule is Oc1ccc(C=NNc2nc3ccccc3nc2Cl)cc1. The number of anilines is 1. The lowest BCUT2D eigenvalue weighted by atomic mass is 10.2. The van der Waals surface area contributed by atoms with Crippen molar-refractivity contribution in [3.63, 3.8) is 0 Å². The van der Waals surface area contributed by atoms with Gasteiger partial charge in [0.05, 0.1) is 17.2 Å². The number of fused-ring (bicyclic) bond motifs is 1. The second-order valence-electron chi connectivity index (χ2n) is 4.31. The van der Waals surface area contributed by atoms with Crippen LogP contribution < -0.4 is 5.43 Å². The molecule has 0 saturated heterocycles. The summed E-state index contributed by atoms with van der Waals surface area (Å²) in [5.74, 6) is 0.606. The van der Waals surface area contributed by atoms with E-state index >= 15 is 0 Å². The second-order valence-corrected chi connectivity index (χ2v) is 4.67. The highest BCUT2D eigenvalue weighted by Gasteiger charge is 2.05. The standard InChI is InChI=1S/C15H11ClN4O/c16-14-15(19-13-4-2-1-3-12(13)18-14)20-17-9-10-5-7-11(21)8-6-10/h1-9,21H,(H,19,20). The van der Waals surface area contributed by atoms with Crippen molar-refractivity contribution in [1.82, 2.24) is 9.97 Å². The molecule has 0 fully saturated rings. The third-order valence-electron chi connectivity index (χ3n) is 2.81. The first-order valence-electron chi connectivity index (χ1n) is 6.23. The second kappa shape index (κ2) is 5.76. The molecule has 0 aliphatic heterocycles. The van der Waals surface area contributed by atoms with E-state index in [-0.39, 0.29) is 10.9 Å². The summed E-state index contributed by atoms with van der Waals surface area (Å²) in [7, 11) is 0. The van der Waals surface area contributed by atoms with Gasteiger partial charge in [0.1, 0.15) is 5.75 Å². The molecular weight excluding hydrogens is 288 g/mol. The van der Waals surface area contributed by atoms with Gasteiger partial charge in [-0.3, -0.25) is 5.43 Å². The fourth-order valence-electron chi connectivity index (χ4n) is 1.78. The molecule has 104 valence electrons. The molecule has 2 aromatic carbocycles. The van der Waals surface area contributed by atoms with Crippen LogP contribution in [0.1, 0.15) is 5.56 Å². The maximum atomic E-state index is 9.20. The topological polar surface area (TPSA) is 70.4 Å². The minimum absolute atomic E-state index is 0.212. The fourth-order valence-corrected chi connectivity index (χ4v) is 1.95. The molecule has 0 unspecified atom stereocenters. The molecule has 1 aromatic heterocycles. The van der Waals surface area contributed by atoms with E-state index in [2.05, 4.69) is 20.5 Å². The summed E-state index contributed by atoms with van der Waals surface area (Å²) in [5, 5.41) is 13.5. The van der Waals surface area contributed by atoms with Crippen LogP contribution in [0.3, 0.4) is 0 Å². The van der Waals surface area contributed by atoms with Gasteiger partial charge in [-0.15, -0.1) is 0 Å². The van der Waals surface area contributed by atoms with Gasteiger partial charge in [0.15, 0.2) is 11.0 Å². The molecule has 0 atom stereocenters. The normalized spacial score (nSPS) is 11.1. The molecule has 5 nitrogen and oxygen atoms in total. The van der Waals surface area contributed by atoms with E-state index in [0.29, 0.717) is 5.82 Å². The molecule has 6 heteroatoms. The Hall–Kier alpha value is -2.66. The molecule has 0 radical (unpaired) electrons. The van der Waals surface area contributed by atoms with Gasteiger partial charge in [0.25, 0.3) is 0 Å². The smallest absolute Gasteiger partial charge is 0.185 e. The average molecular weight is 299 g/mol. The first-order valence-corrected chi connectivity index (χ1v) is 6.60. The molecule has 0 spiro atoms. The number of benzene rings is 2. The van der Waals surface area contributed by atoms with Crippen LogP contribution in [0.25, 0.3) is 11.0 Å². The molecule has 0 aliphatic carbocycles. The Bertz CT molecular complexity index is 802. The fraction of sp³-hybridized carbons (Fsp3) is 0. The van der Waals surface area contributed by atoms with Crippen molar-refractivity contribution in [1.29, 1.82) is 0 Å². The first kappa shape index (κ1) is 13.3. The summed E-state index contributed by atoms with van der Waals surface area (Å²) in [6, 6.07) is 14.1. The molecule has 0 bridgehead atoms. The third kappa shape index (κ3) is 3.09. The highest BCUT2D eigenvalue weighted by Crippen LogP contribution is 2.20. The lowest BCUT2D eigenvalue weighted by molar-refractivity contribution is 0.475. The molecule has 0 amide bonds. The van der Waals surface area contributed by atoms with Crippen LogP contribution in [0, 0.1) is 0 Å². The first-order chi connectivity index (χ1) is 10.2. The maximum absolute atomic E-state index is 9.20. The van der Waals surface area contributed by atoms with Gasteiger partial charge in [0, 0.05) is 0 Å². The average Bonchev–Trinajstić information content (AvgIpc) is 2.50. The summed E-state index contributed by atoms with van der Waals surface area (Å²) < 4.78 is 0. The number of halogens is 1. The molecular formula is C15H11ClN4O. The Kier molecular flexibility index (Phi) is 3.66. The van der Waals surface area contributed by atoms with Crippen LogP contribution in [0.2, 0.25) is 5.15 Å². The highest BCUT2D eigenvalue weighted by molar-refractivity contribution is 6.32. The number of hydrogen-bond donors (Lipinski definition) is 2. The zero-order valence-electron chi connectivity index (χ0n) is 10.9. The van der Waals surface area contributed by atoms with E-state index in [0.717, 1.165) is 16.6 Å². The maximum Gasteiger partial charge on any atom is 0.185 e. The largest absolute Gasteiger partial charge is 0.508 e. The van der Waals surface area contributed by atoms with E-state index in [1.807, 2.05) is 24.3 Å². The summed E-state index contributed by atoms with van der Waals surface area (Å²) in [5.41, 5.74) is 5.08. The summed E-state index contributed by atoms with van der Waals surface area (Å²) in [6.45, 7) is 0. The number of nitrogens with zero attached hydrogens (tertiary/aromatic N) is 3. The number of para-hydroxylation sites is 2. The number of aromatic hydroxyl groups is 1. The van der Waals surface area contributed by atoms with E-state index in [4.69, 9.17) is 11.6 Å². The number of rotatable bonds is 3. The van der Waals surface area contributed by atoms with Crippen molar-refractivity contribution in [2.24, 2.45) is 5.10 Å². The zero-order chi connectivity index (χ0) is 14.7. The lowest BCUT2D eigenvalue weighted by Gasteiger charge is -2.03. The Labute approximate surface area is 125 Å². The lowest BCUT2D eigenvalue weighted by Crippen LogP contribution is -1.97. The van der Waals surface area contributed by atoms with Crippen molar-refractivity contribution in [2.75, 3.05) is 5.43 Å². The van der Waals surface area contributed by atoms with Crippen LogP contribution >= 0.6 is 11.6 Å². The minimum Gasteiger partial charge on any atom is -0.508 e. The van der Waals surface area contributed by atoms with Crippen molar-refractivity contribution in [2.45, 2.75) is 0 Å². The Morgan fingerprint density at radius 1 is 1.00 bits per heavy atom. The number of aromatic nitrogens is 2. The number of hydrogen-bond acceptors (Lipinski definition) is 5. The van der Waals surface area contributed by atoms with E-state index in [1.165, 1.54) is 0 Å². The highest BCUT2D eigenvalue weighted by atomic mass is 35.5. The summed E-state index contributed by atoms with van der Waals surface area (Å²) >= 11 is 6.06. The van der Waals surface area contributed by atoms with Crippen LogP contribution in [0.4, 0.5) is 5.82 Å². The van der Waals surface area contributed by atoms with Gasteiger partial charge in [-0.05, 0) is 42.0 Å². The zero-order valence-corrected chi connectivity index (χ0v) is 11.6. The molecule has 1 heterocycles. The number of phenolic OH excluding ortho intramolecular Hbond substituents is 1. The van der Waals surface area contributed by atoms with Gasteiger partial charge in [0.2, 0.25) is 0 Å². The quantitative estimate of drug-likeness (QED) is 0.574. The van der Waals surface area contributed by atoms with Gasteiger partial charge in [-0.25, -0.2) is 9.97 Å². The van der Waals surface area contributed by atoms with E-state index in [1.54, 1.807) is 30.5 Å². The van der Waals surface area contributed by atoms with Gasteiger partial charge in [-0.1, -0.05) is 23.7 Å². The molecule has 0 saturated carbocycles. The van der Waals surface area contributed by atoms with Crippen LogP contribution in [0.15, 0.2) is 53.6 Å². The molecule has 3 rings (SSSR count). The van der Waals surface area contributed by atoms with Crippen molar-refractivity contribution in [3.05, 3.63) is 59.2 Å². The summed E-state index contributed by atoms with van der Waals surface area (Å²) in [6.07, 6.45) is 1.60.